The third-order valence-corrected chi connectivity index (χ3v) is 2.17. The predicted octanol–water partition coefficient (Wildman–Crippen LogP) is -0.129. The molecule has 0 aliphatic rings. The fourth-order valence-corrected chi connectivity index (χ4v) is 1.48. The molecular weight excluding hydrogens is 182 g/mol. The summed E-state index contributed by atoms with van der Waals surface area (Å²) in [5.41, 5.74) is 6.71. The van der Waals surface area contributed by atoms with E-state index in [9.17, 15) is 4.79 Å². The molecule has 2 aromatic heterocycles. The molecule has 6 heteroatoms. The standard InChI is InChI=1S/C8H11N5O/c1-3-5-4(2)10-8-11-7(9)12-13(8)6(5)14/h3H2,1-2H3,(H3,9,10,11,12). The molecule has 2 rings (SSSR count). The second-order valence-electron chi connectivity index (χ2n) is 3.08. The Hall–Kier alpha value is -1.85. The molecule has 2 aromatic rings. The maximum absolute atomic E-state index is 11.8. The normalized spacial score (nSPS) is 11.0. The summed E-state index contributed by atoms with van der Waals surface area (Å²) in [6.45, 7) is 3.71. The zero-order valence-corrected chi connectivity index (χ0v) is 8.03. The van der Waals surface area contributed by atoms with Crippen LogP contribution in [0.5, 0.6) is 0 Å². The van der Waals surface area contributed by atoms with Crippen molar-refractivity contribution >= 4 is 11.7 Å². The highest BCUT2D eigenvalue weighted by Gasteiger charge is 2.10. The molecule has 0 bridgehead atoms. The van der Waals surface area contributed by atoms with Crippen molar-refractivity contribution in [2.45, 2.75) is 20.3 Å². The van der Waals surface area contributed by atoms with Crippen LogP contribution in [0.4, 0.5) is 5.95 Å². The van der Waals surface area contributed by atoms with Gasteiger partial charge < -0.3 is 5.73 Å². The van der Waals surface area contributed by atoms with Crippen LogP contribution in [-0.2, 0) is 6.42 Å². The molecule has 74 valence electrons. The summed E-state index contributed by atoms with van der Waals surface area (Å²) in [6.07, 6.45) is 0.652. The summed E-state index contributed by atoms with van der Waals surface area (Å²) < 4.78 is 1.27. The van der Waals surface area contributed by atoms with Crippen LogP contribution in [0.3, 0.4) is 0 Å². The minimum atomic E-state index is -0.126. The molecule has 0 aromatic carbocycles. The van der Waals surface area contributed by atoms with Gasteiger partial charge in [-0.2, -0.15) is 9.50 Å². The molecule has 0 aliphatic carbocycles. The van der Waals surface area contributed by atoms with E-state index in [2.05, 4.69) is 15.1 Å². The van der Waals surface area contributed by atoms with Gasteiger partial charge in [-0.3, -0.25) is 9.89 Å². The molecule has 0 aliphatic heterocycles. The molecular formula is C8H11N5O. The Kier molecular flexibility index (Phi) is 1.77. The number of nitrogens with two attached hydrogens (primary N) is 1. The number of aryl methyl sites for hydroxylation is 1. The van der Waals surface area contributed by atoms with Crippen LogP contribution < -0.4 is 11.3 Å². The number of H-pyrrole nitrogens is 1. The lowest BCUT2D eigenvalue weighted by Gasteiger charge is -2.00. The number of aromatic amines is 1. The SMILES string of the molecule is CCc1c(C)nc2nc(N)[nH]n2c1=O. The first-order valence-electron chi connectivity index (χ1n) is 4.37. The number of fused-ring (bicyclic) bond motifs is 1. The third-order valence-electron chi connectivity index (χ3n) is 2.17. The maximum atomic E-state index is 11.8. The molecule has 0 spiro atoms. The van der Waals surface area contributed by atoms with Gasteiger partial charge in [0.05, 0.1) is 5.69 Å². The van der Waals surface area contributed by atoms with Crippen LogP contribution in [-0.4, -0.2) is 19.6 Å². The largest absolute Gasteiger partial charge is 0.368 e. The molecule has 14 heavy (non-hydrogen) atoms. The summed E-state index contributed by atoms with van der Waals surface area (Å²) in [4.78, 5) is 19.8. The number of anilines is 1. The van der Waals surface area contributed by atoms with E-state index in [1.807, 2.05) is 6.92 Å². The average Bonchev–Trinajstić information content (AvgIpc) is 2.47. The van der Waals surface area contributed by atoms with E-state index < -0.39 is 0 Å². The third kappa shape index (κ3) is 1.07. The fourth-order valence-electron chi connectivity index (χ4n) is 1.48. The average molecular weight is 193 g/mol. The van der Waals surface area contributed by atoms with Crippen LogP contribution in [0.1, 0.15) is 18.2 Å². The molecule has 0 unspecified atom stereocenters. The van der Waals surface area contributed by atoms with Gasteiger partial charge in [-0.05, 0) is 13.3 Å². The highest BCUT2D eigenvalue weighted by Crippen LogP contribution is 2.03. The van der Waals surface area contributed by atoms with Crippen LogP contribution >= 0.6 is 0 Å². The molecule has 0 amide bonds. The molecule has 0 saturated heterocycles. The Morgan fingerprint density at radius 1 is 1.50 bits per heavy atom. The van der Waals surface area contributed by atoms with E-state index in [4.69, 9.17) is 5.73 Å². The first-order valence-corrected chi connectivity index (χ1v) is 4.37. The van der Waals surface area contributed by atoms with Gasteiger partial charge in [0.15, 0.2) is 0 Å². The van der Waals surface area contributed by atoms with Gasteiger partial charge in [0.25, 0.3) is 11.3 Å². The highest BCUT2D eigenvalue weighted by molar-refractivity contribution is 5.36. The summed E-state index contributed by atoms with van der Waals surface area (Å²) in [6, 6.07) is 0. The number of rotatable bonds is 1. The molecule has 0 saturated carbocycles. The summed E-state index contributed by atoms with van der Waals surface area (Å²) >= 11 is 0. The van der Waals surface area contributed by atoms with Gasteiger partial charge in [-0.25, -0.2) is 4.98 Å². The van der Waals surface area contributed by atoms with E-state index >= 15 is 0 Å². The van der Waals surface area contributed by atoms with Crippen molar-refractivity contribution in [1.29, 1.82) is 0 Å². The van der Waals surface area contributed by atoms with E-state index in [-0.39, 0.29) is 11.5 Å². The predicted molar refractivity (Wildman–Crippen MR) is 52.1 cm³/mol. The number of aromatic nitrogens is 4. The molecule has 2 heterocycles. The first-order chi connectivity index (χ1) is 6.63. The second-order valence-corrected chi connectivity index (χ2v) is 3.08. The molecule has 0 fully saturated rings. The van der Waals surface area contributed by atoms with Gasteiger partial charge in [0.2, 0.25) is 5.95 Å². The lowest BCUT2D eigenvalue weighted by atomic mass is 10.2. The Labute approximate surface area is 79.8 Å². The van der Waals surface area contributed by atoms with Gasteiger partial charge >= 0.3 is 0 Å². The molecule has 6 nitrogen and oxygen atoms in total. The van der Waals surface area contributed by atoms with Crippen LogP contribution in [0, 0.1) is 6.92 Å². The van der Waals surface area contributed by atoms with Crippen LogP contribution in [0.2, 0.25) is 0 Å². The van der Waals surface area contributed by atoms with Crippen molar-refractivity contribution in [3.63, 3.8) is 0 Å². The van der Waals surface area contributed by atoms with Crippen molar-refractivity contribution in [1.82, 2.24) is 19.6 Å². The van der Waals surface area contributed by atoms with E-state index in [1.54, 1.807) is 6.92 Å². The van der Waals surface area contributed by atoms with Crippen molar-refractivity contribution in [3.05, 3.63) is 21.6 Å². The van der Waals surface area contributed by atoms with E-state index in [1.165, 1.54) is 4.52 Å². The summed E-state index contributed by atoms with van der Waals surface area (Å²) in [7, 11) is 0. The van der Waals surface area contributed by atoms with Gasteiger partial charge in [-0.1, -0.05) is 6.92 Å². The zero-order chi connectivity index (χ0) is 10.3. The Morgan fingerprint density at radius 3 is 2.86 bits per heavy atom. The lowest BCUT2D eigenvalue weighted by molar-refractivity contribution is 0.855. The molecule has 3 N–H and O–H groups in total. The summed E-state index contributed by atoms with van der Waals surface area (Å²) in [5, 5.41) is 2.64. The smallest absolute Gasteiger partial charge is 0.277 e. The van der Waals surface area contributed by atoms with E-state index in [0.29, 0.717) is 23.5 Å². The van der Waals surface area contributed by atoms with Crippen LogP contribution in [0.15, 0.2) is 4.79 Å². The van der Waals surface area contributed by atoms with Crippen molar-refractivity contribution in [3.8, 4) is 0 Å². The number of nitrogen functional groups attached to an aromatic ring is 1. The minimum absolute atomic E-state index is 0.126. The highest BCUT2D eigenvalue weighted by atomic mass is 16.1. The van der Waals surface area contributed by atoms with Crippen molar-refractivity contribution in [2.24, 2.45) is 0 Å². The lowest BCUT2D eigenvalue weighted by Crippen LogP contribution is -2.21. The minimum Gasteiger partial charge on any atom is -0.368 e. The summed E-state index contributed by atoms with van der Waals surface area (Å²) in [5.74, 6) is 0.518. The Bertz CT molecular complexity index is 538. The number of hydrogen-bond donors (Lipinski definition) is 2. The van der Waals surface area contributed by atoms with Crippen molar-refractivity contribution < 1.29 is 0 Å². The number of hydrogen-bond acceptors (Lipinski definition) is 4. The zero-order valence-electron chi connectivity index (χ0n) is 8.03. The molecule has 0 radical (unpaired) electrons. The Balaban J connectivity index is 2.92. The topological polar surface area (TPSA) is 89.1 Å². The van der Waals surface area contributed by atoms with Crippen molar-refractivity contribution in [2.75, 3.05) is 5.73 Å². The van der Waals surface area contributed by atoms with Gasteiger partial charge in [0.1, 0.15) is 0 Å². The molecule has 0 atom stereocenters. The van der Waals surface area contributed by atoms with E-state index in [0.717, 1.165) is 0 Å². The van der Waals surface area contributed by atoms with Crippen LogP contribution in [0.25, 0.3) is 5.78 Å². The number of nitrogens with zero attached hydrogens (tertiary/aromatic N) is 3. The number of nitrogens with one attached hydrogen (secondary N) is 1. The second kappa shape index (κ2) is 2.83. The quantitative estimate of drug-likeness (QED) is 0.660. The monoisotopic (exact) mass is 193 g/mol. The van der Waals surface area contributed by atoms with Gasteiger partial charge in [0, 0.05) is 5.56 Å². The Morgan fingerprint density at radius 2 is 2.21 bits per heavy atom. The first kappa shape index (κ1) is 8.74. The maximum Gasteiger partial charge on any atom is 0.277 e. The fraction of sp³-hybridized carbons (Fsp3) is 0.375. The van der Waals surface area contributed by atoms with Gasteiger partial charge in [-0.15, -0.1) is 0 Å².